The number of aliphatic hydroxyl groups excluding tert-OH is 1. The van der Waals surface area contributed by atoms with E-state index in [-0.39, 0.29) is 43.0 Å². The van der Waals surface area contributed by atoms with Gasteiger partial charge in [-0.3, -0.25) is 4.79 Å². The van der Waals surface area contributed by atoms with Gasteiger partial charge in [-0.2, -0.15) is 0 Å². The van der Waals surface area contributed by atoms with Gasteiger partial charge in [-0.15, -0.1) is 0 Å². The van der Waals surface area contributed by atoms with Crippen LogP contribution in [0, 0.1) is 5.92 Å². The van der Waals surface area contributed by atoms with Gasteiger partial charge >= 0.3 is 6.03 Å². The van der Waals surface area contributed by atoms with Crippen molar-refractivity contribution < 1.29 is 24.2 Å². The molecule has 0 unspecified atom stereocenters. The molecule has 3 amide bonds. The van der Waals surface area contributed by atoms with Crippen molar-refractivity contribution in [2.75, 3.05) is 58.2 Å². The molecule has 0 fully saturated rings. The van der Waals surface area contributed by atoms with E-state index in [9.17, 15) is 14.7 Å². The fraction of sp³-hybridized carbons (Fsp3) is 0.481. The topological polar surface area (TPSA) is 94.6 Å². The second-order valence-electron chi connectivity index (χ2n) is 9.61. The van der Waals surface area contributed by atoms with Gasteiger partial charge < -0.3 is 34.6 Å². The first-order valence-corrected chi connectivity index (χ1v) is 12.2. The fourth-order valence-corrected chi connectivity index (χ4v) is 4.16. The molecule has 0 aromatic heterocycles. The summed E-state index contributed by atoms with van der Waals surface area (Å²) in [5.74, 6) is 1.18. The summed E-state index contributed by atoms with van der Waals surface area (Å²) in [5, 5.41) is 12.7. The van der Waals surface area contributed by atoms with Crippen LogP contribution in [0.3, 0.4) is 0 Å². The summed E-state index contributed by atoms with van der Waals surface area (Å²) in [6.45, 7) is 4.44. The lowest BCUT2D eigenvalue weighted by molar-refractivity contribution is -0.134. The molecule has 0 bridgehead atoms. The fourth-order valence-electron chi connectivity index (χ4n) is 4.16. The van der Waals surface area contributed by atoms with Gasteiger partial charge in [0.25, 0.3) is 0 Å². The summed E-state index contributed by atoms with van der Waals surface area (Å²) in [4.78, 5) is 31.5. The van der Waals surface area contributed by atoms with Gasteiger partial charge in [0.05, 0.1) is 32.7 Å². The van der Waals surface area contributed by atoms with Gasteiger partial charge in [0, 0.05) is 50.5 Å². The molecule has 0 aliphatic carbocycles. The zero-order chi connectivity index (χ0) is 26.4. The number of ether oxygens (including phenoxy) is 2. The number of amides is 3. The normalized spacial score (nSPS) is 18.6. The monoisotopic (exact) mass is 498 g/mol. The number of methoxy groups -OCH3 is 1. The molecular weight excluding hydrogens is 460 g/mol. The molecule has 2 N–H and O–H groups in total. The first-order valence-electron chi connectivity index (χ1n) is 12.2. The Hall–Kier alpha value is -3.46. The number of hydrogen-bond acceptors (Lipinski definition) is 6. The second kappa shape index (κ2) is 12.0. The van der Waals surface area contributed by atoms with E-state index in [2.05, 4.69) is 5.32 Å². The van der Waals surface area contributed by atoms with Gasteiger partial charge in [-0.05, 0) is 49.4 Å². The van der Waals surface area contributed by atoms with Crippen LogP contribution < -0.4 is 19.7 Å². The van der Waals surface area contributed by atoms with Crippen molar-refractivity contribution in [1.82, 2.24) is 9.80 Å². The van der Waals surface area contributed by atoms with Crippen LogP contribution in [0.4, 0.5) is 16.2 Å². The average Bonchev–Trinajstić information content (AvgIpc) is 2.91. The number of hydrogen-bond donors (Lipinski definition) is 2. The van der Waals surface area contributed by atoms with Crippen LogP contribution in [0.5, 0.6) is 11.5 Å². The number of carbonyl (C=O) groups is 2. The SMILES string of the molecule is COc1ccc(NC(=O)N(C)C[C@H]2Oc3ccc(N(C)C)cc3CC(=O)N([C@H](C)CO)C[C@H]2C)cc1. The number of carbonyl (C=O) groups excluding carboxylic acids is 2. The van der Waals surface area contributed by atoms with E-state index in [0.717, 1.165) is 11.3 Å². The van der Waals surface area contributed by atoms with Crippen molar-refractivity contribution >= 4 is 23.3 Å². The number of likely N-dealkylation sites (N-methyl/N-ethyl adjacent to an activating group) is 1. The molecule has 0 spiro atoms. The van der Waals surface area contributed by atoms with Crippen LogP contribution in [0.1, 0.15) is 19.4 Å². The molecule has 9 heteroatoms. The zero-order valence-electron chi connectivity index (χ0n) is 22.0. The van der Waals surface area contributed by atoms with Crippen LogP contribution in [-0.4, -0.2) is 86.9 Å². The van der Waals surface area contributed by atoms with Crippen molar-refractivity contribution in [1.29, 1.82) is 0 Å². The van der Waals surface area contributed by atoms with Crippen LogP contribution in [0.15, 0.2) is 42.5 Å². The molecule has 3 rings (SSSR count). The van der Waals surface area contributed by atoms with E-state index in [1.807, 2.05) is 51.0 Å². The number of urea groups is 1. The lowest BCUT2D eigenvalue weighted by Gasteiger charge is -2.34. The third-order valence-electron chi connectivity index (χ3n) is 6.56. The van der Waals surface area contributed by atoms with Crippen molar-refractivity contribution in [3.05, 3.63) is 48.0 Å². The van der Waals surface area contributed by atoms with Crippen LogP contribution in [-0.2, 0) is 11.2 Å². The first-order chi connectivity index (χ1) is 17.1. The molecule has 2 aromatic carbocycles. The number of anilines is 2. The Morgan fingerprint density at radius 1 is 1.22 bits per heavy atom. The minimum absolute atomic E-state index is 0.0598. The predicted molar refractivity (Wildman–Crippen MR) is 141 cm³/mol. The van der Waals surface area contributed by atoms with E-state index in [1.54, 1.807) is 48.2 Å². The molecule has 0 radical (unpaired) electrons. The number of nitrogens with one attached hydrogen (secondary N) is 1. The van der Waals surface area contributed by atoms with Crippen LogP contribution in [0.2, 0.25) is 0 Å². The summed E-state index contributed by atoms with van der Waals surface area (Å²) in [5.41, 5.74) is 2.41. The third kappa shape index (κ3) is 6.60. The molecule has 3 atom stereocenters. The molecular formula is C27H38N4O5. The highest BCUT2D eigenvalue weighted by Crippen LogP contribution is 2.30. The maximum Gasteiger partial charge on any atom is 0.321 e. The number of nitrogens with zero attached hydrogens (tertiary/aromatic N) is 3. The maximum atomic E-state index is 13.3. The third-order valence-corrected chi connectivity index (χ3v) is 6.56. The molecule has 0 saturated carbocycles. The largest absolute Gasteiger partial charge is 0.497 e. The Bertz CT molecular complexity index is 1040. The lowest BCUT2D eigenvalue weighted by atomic mass is 10.0. The van der Waals surface area contributed by atoms with Gasteiger partial charge in [0.15, 0.2) is 0 Å². The molecule has 196 valence electrons. The Kier molecular flexibility index (Phi) is 9.03. The van der Waals surface area contributed by atoms with E-state index < -0.39 is 0 Å². The van der Waals surface area contributed by atoms with Gasteiger partial charge in [-0.25, -0.2) is 4.79 Å². The standard InChI is InChI=1S/C27H38N4O5/c1-18-15-31(19(2)17-32)26(33)14-20-13-22(29(3)4)9-12-24(20)36-25(18)16-30(5)27(34)28-21-7-10-23(35-6)11-8-21/h7-13,18-19,25,32H,14-17H2,1-6H3,(H,28,34)/t18-,19-,25-/m1/s1. The molecule has 1 aliphatic heterocycles. The maximum absolute atomic E-state index is 13.3. The summed E-state index contributed by atoms with van der Waals surface area (Å²) in [6.07, 6.45) is -0.200. The second-order valence-corrected chi connectivity index (χ2v) is 9.61. The van der Waals surface area contributed by atoms with Crippen LogP contribution in [0.25, 0.3) is 0 Å². The highest BCUT2D eigenvalue weighted by Gasteiger charge is 2.32. The average molecular weight is 499 g/mol. The van der Waals surface area contributed by atoms with Gasteiger partial charge in [0.1, 0.15) is 17.6 Å². The molecule has 1 heterocycles. The van der Waals surface area contributed by atoms with E-state index in [1.165, 1.54) is 0 Å². The minimum Gasteiger partial charge on any atom is -0.497 e. The number of rotatable bonds is 7. The Morgan fingerprint density at radius 2 is 1.92 bits per heavy atom. The zero-order valence-corrected chi connectivity index (χ0v) is 22.0. The highest BCUT2D eigenvalue weighted by molar-refractivity contribution is 5.89. The molecule has 0 saturated heterocycles. The molecule has 2 aromatic rings. The summed E-state index contributed by atoms with van der Waals surface area (Å²) in [6, 6.07) is 12.3. The van der Waals surface area contributed by atoms with E-state index >= 15 is 0 Å². The minimum atomic E-state index is -0.375. The smallest absolute Gasteiger partial charge is 0.321 e. The highest BCUT2D eigenvalue weighted by atomic mass is 16.5. The molecule has 1 aliphatic rings. The predicted octanol–water partition coefficient (Wildman–Crippen LogP) is 3.07. The van der Waals surface area contributed by atoms with Crippen molar-refractivity contribution in [2.45, 2.75) is 32.4 Å². The summed E-state index contributed by atoms with van der Waals surface area (Å²) >= 11 is 0. The summed E-state index contributed by atoms with van der Waals surface area (Å²) < 4.78 is 11.6. The van der Waals surface area contributed by atoms with Crippen LogP contribution >= 0.6 is 0 Å². The first kappa shape index (κ1) is 27.1. The lowest BCUT2D eigenvalue weighted by Crippen LogP contribution is -2.48. The van der Waals surface area contributed by atoms with Crippen molar-refractivity contribution in [2.24, 2.45) is 5.92 Å². The van der Waals surface area contributed by atoms with E-state index in [4.69, 9.17) is 9.47 Å². The molecule has 9 nitrogen and oxygen atoms in total. The number of fused-ring (bicyclic) bond motifs is 1. The molecule has 36 heavy (non-hydrogen) atoms. The number of aliphatic hydroxyl groups is 1. The Labute approximate surface area is 213 Å². The van der Waals surface area contributed by atoms with Crippen molar-refractivity contribution in [3.63, 3.8) is 0 Å². The Balaban J connectivity index is 1.84. The summed E-state index contributed by atoms with van der Waals surface area (Å²) in [7, 11) is 7.20. The van der Waals surface area contributed by atoms with Gasteiger partial charge in [0.2, 0.25) is 5.91 Å². The number of benzene rings is 2. The Morgan fingerprint density at radius 3 is 2.53 bits per heavy atom. The quantitative estimate of drug-likeness (QED) is 0.609. The van der Waals surface area contributed by atoms with Gasteiger partial charge in [-0.1, -0.05) is 6.92 Å². The van der Waals surface area contributed by atoms with E-state index in [0.29, 0.717) is 30.3 Å². The van der Waals surface area contributed by atoms with Crippen molar-refractivity contribution in [3.8, 4) is 11.5 Å².